The number of nitrogens with one attached hydrogen (secondary N) is 1. The Kier molecular flexibility index (Phi) is 2.87. The largest absolute Gasteiger partial charge is 0.335 e. The number of halogens is 1. The highest BCUT2D eigenvalue weighted by Gasteiger charge is 2.33. The maximum absolute atomic E-state index is 13.0. The molecule has 1 saturated heterocycles. The summed E-state index contributed by atoms with van der Waals surface area (Å²) in [6.07, 6.45) is 3.43. The second-order valence-corrected chi connectivity index (χ2v) is 4.33. The number of anilines is 1. The fourth-order valence-corrected chi connectivity index (χ4v) is 2.24. The summed E-state index contributed by atoms with van der Waals surface area (Å²) < 4.78 is 13.0. The molecule has 0 aliphatic carbocycles. The van der Waals surface area contributed by atoms with E-state index in [0.29, 0.717) is 12.2 Å². The van der Waals surface area contributed by atoms with Gasteiger partial charge in [-0.25, -0.2) is 9.18 Å². The highest BCUT2D eigenvalue weighted by Crippen LogP contribution is 2.30. The molecule has 1 aromatic heterocycles. The van der Waals surface area contributed by atoms with E-state index in [2.05, 4.69) is 10.3 Å². The van der Waals surface area contributed by atoms with Gasteiger partial charge in [0.2, 0.25) is 0 Å². The SMILES string of the molecule is O=C1NCC(c2cccnc2)N1c1ccc(F)cc1. The summed E-state index contributed by atoms with van der Waals surface area (Å²) in [5.41, 5.74) is 1.62. The Morgan fingerprint density at radius 1 is 1.26 bits per heavy atom. The lowest BCUT2D eigenvalue weighted by Crippen LogP contribution is -2.29. The molecular formula is C14H12FN3O. The van der Waals surface area contributed by atoms with Gasteiger partial charge in [-0.3, -0.25) is 9.88 Å². The third kappa shape index (κ3) is 2.14. The smallest absolute Gasteiger partial charge is 0.322 e. The van der Waals surface area contributed by atoms with E-state index < -0.39 is 0 Å². The molecule has 0 bridgehead atoms. The zero-order chi connectivity index (χ0) is 13.2. The predicted octanol–water partition coefficient (Wildman–Crippen LogP) is 2.49. The van der Waals surface area contributed by atoms with E-state index in [1.165, 1.54) is 12.1 Å². The van der Waals surface area contributed by atoms with Crippen molar-refractivity contribution in [1.29, 1.82) is 0 Å². The van der Waals surface area contributed by atoms with Gasteiger partial charge in [0.05, 0.1) is 6.04 Å². The summed E-state index contributed by atoms with van der Waals surface area (Å²) >= 11 is 0. The first-order valence-electron chi connectivity index (χ1n) is 5.98. The molecule has 2 aromatic rings. The normalized spacial score (nSPS) is 18.5. The van der Waals surface area contributed by atoms with Crippen LogP contribution in [0.4, 0.5) is 14.9 Å². The van der Waals surface area contributed by atoms with Crippen LogP contribution in [0.1, 0.15) is 11.6 Å². The van der Waals surface area contributed by atoms with Gasteiger partial charge in [0.25, 0.3) is 0 Å². The number of nitrogens with zero attached hydrogens (tertiary/aromatic N) is 2. The number of pyridine rings is 1. The van der Waals surface area contributed by atoms with Gasteiger partial charge in [-0.2, -0.15) is 0 Å². The summed E-state index contributed by atoms with van der Waals surface area (Å²) in [7, 11) is 0. The van der Waals surface area contributed by atoms with Crippen molar-refractivity contribution in [1.82, 2.24) is 10.3 Å². The summed E-state index contributed by atoms with van der Waals surface area (Å²) in [6, 6.07) is 9.36. The van der Waals surface area contributed by atoms with Gasteiger partial charge in [-0.1, -0.05) is 6.07 Å². The summed E-state index contributed by atoms with van der Waals surface area (Å²) in [5.74, 6) is -0.318. The monoisotopic (exact) mass is 257 g/mol. The van der Waals surface area contributed by atoms with E-state index in [-0.39, 0.29) is 17.9 Å². The summed E-state index contributed by atoms with van der Waals surface area (Å²) in [5, 5.41) is 2.80. The number of carbonyl (C=O) groups is 1. The van der Waals surface area contributed by atoms with Crippen LogP contribution in [0.2, 0.25) is 0 Å². The molecule has 3 rings (SSSR count). The van der Waals surface area contributed by atoms with E-state index >= 15 is 0 Å². The van der Waals surface area contributed by atoms with E-state index in [4.69, 9.17) is 0 Å². The summed E-state index contributed by atoms with van der Waals surface area (Å²) in [4.78, 5) is 17.6. The van der Waals surface area contributed by atoms with Gasteiger partial charge in [-0.15, -0.1) is 0 Å². The highest BCUT2D eigenvalue weighted by molar-refractivity contribution is 5.95. The molecule has 1 N–H and O–H groups in total. The molecule has 1 aromatic carbocycles. The van der Waals surface area contributed by atoms with Gasteiger partial charge < -0.3 is 5.32 Å². The molecule has 1 aliphatic heterocycles. The lowest BCUT2D eigenvalue weighted by molar-refractivity contribution is 0.251. The first-order chi connectivity index (χ1) is 9.25. The van der Waals surface area contributed by atoms with Gasteiger partial charge in [0.1, 0.15) is 5.82 Å². The van der Waals surface area contributed by atoms with Crippen molar-refractivity contribution in [3.8, 4) is 0 Å². The van der Waals surface area contributed by atoms with Crippen LogP contribution < -0.4 is 10.2 Å². The predicted molar refractivity (Wildman–Crippen MR) is 69.3 cm³/mol. The van der Waals surface area contributed by atoms with Crippen LogP contribution in [-0.4, -0.2) is 17.6 Å². The van der Waals surface area contributed by atoms with Gasteiger partial charge in [-0.05, 0) is 35.9 Å². The van der Waals surface area contributed by atoms with Crippen LogP contribution in [0, 0.1) is 5.82 Å². The second kappa shape index (κ2) is 4.68. The van der Waals surface area contributed by atoms with E-state index in [1.807, 2.05) is 12.1 Å². The topological polar surface area (TPSA) is 45.2 Å². The van der Waals surface area contributed by atoms with Crippen molar-refractivity contribution < 1.29 is 9.18 Å². The van der Waals surface area contributed by atoms with Crippen molar-refractivity contribution in [3.63, 3.8) is 0 Å². The van der Waals surface area contributed by atoms with Crippen molar-refractivity contribution in [2.24, 2.45) is 0 Å². The molecule has 1 fully saturated rings. The molecule has 0 saturated carbocycles. The third-order valence-corrected chi connectivity index (χ3v) is 3.15. The Balaban J connectivity index is 1.97. The Morgan fingerprint density at radius 3 is 2.74 bits per heavy atom. The number of urea groups is 1. The molecule has 1 atom stereocenters. The molecule has 2 amide bonds. The van der Waals surface area contributed by atoms with Gasteiger partial charge in [0.15, 0.2) is 0 Å². The maximum Gasteiger partial charge on any atom is 0.322 e. The molecular weight excluding hydrogens is 245 g/mol. The fourth-order valence-electron chi connectivity index (χ4n) is 2.24. The highest BCUT2D eigenvalue weighted by atomic mass is 19.1. The van der Waals surface area contributed by atoms with Crippen LogP contribution >= 0.6 is 0 Å². The molecule has 5 heteroatoms. The summed E-state index contributed by atoms with van der Waals surface area (Å²) in [6.45, 7) is 0.516. The van der Waals surface area contributed by atoms with Gasteiger partial charge in [0, 0.05) is 24.6 Å². The number of aromatic nitrogens is 1. The molecule has 1 aliphatic rings. The molecule has 19 heavy (non-hydrogen) atoms. The fraction of sp³-hybridized carbons (Fsp3) is 0.143. The zero-order valence-electron chi connectivity index (χ0n) is 10.1. The van der Waals surface area contributed by atoms with E-state index in [1.54, 1.807) is 29.4 Å². The van der Waals surface area contributed by atoms with E-state index in [9.17, 15) is 9.18 Å². The Bertz CT molecular complexity index is 585. The van der Waals surface area contributed by atoms with Crippen molar-refractivity contribution in [3.05, 3.63) is 60.2 Å². The van der Waals surface area contributed by atoms with E-state index in [0.717, 1.165) is 5.56 Å². The first kappa shape index (κ1) is 11.6. The minimum Gasteiger partial charge on any atom is -0.335 e. The average Bonchev–Trinajstić information content (AvgIpc) is 2.83. The Morgan fingerprint density at radius 2 is 2.05 bits per heavy atom. The standard InChI is InChI=1S/C14H12FN3O/c15-11-3-5-12(6-4-11)18-13(9-17-14(18)19)10-2-1-7-16-8-10/h1-8,13H,9H2,(H,17,19). The second-order valence-electron chi connectivity index (χ2n) is 4.33. The first-order valence-corrected chi connectivity index (χ1v) is 5.98. The molecule has 2 heterocycles. The quantitative estimate of drug-likeness (QED) is 0.898. The average molecular weight is 257 g/mol. The van der Waals surface area contributed by atoms with Crippen LogP contribution in [0.3, 0.4) is 0 Å². The third-order valence-electron chi connectivity index (χ3n) is 3.15. The van der Waals surface area contributed by atoms with Crippen LogP contribution in [0.5, 0.6) is 0 Å². The van der Waals surface area contributed by atoms with Crippen molar-refractivity contribution in [2.45, 2.75) is 6.04 Å². The van der Waals surface area contributed by atoms with Crippen LogP contribution in [0.25, 0.3) is 0 Å². The van der Waals surface area contributed by atoms with Crippen LogP contribution in [-0.2, 0) is 0 Å². The number of benzene rings is 1. The van der Waals surface area contributed by atoms with Crippen molar-refractivity contribution >= 4 is 11.7 Å². The minimum absolute atomic E-state index is 0.119. The number of carbonyl (C=O) groups excluding carboxylic acids is 1. The molecule has 0 radical (unpaired) electrons. The van der Waals surface area contributed by atoms with Crippen LogP contribution in [0.15, 0.2) is 48.8 Å². The lowest BCUT2D eigenvalue weighted by atomic mass is 10.1. The number of amides is 2. The Labute approximate surface area is 109 Å². The molecule has 4 nitrogen and oxygen atoms in total. The number of rotatable bonds is 2. The zero-order valence-corrected chi connectivity index (χ0v) is 10.1. The molecule has 1 unspecified atom stereocenters. The molecule has 96 valence electrons. The van der Waals surface area contributed by atoms with Crippen molar-refractivity contribution in [2.75, 3.05) is 11.4 Å². The molecule has 0 spiro atoms. The van der Waals surface area contributed by atoms with Gasteiger partial charge >= 0.3 is 6.03 Å². The number of hydrogen-bond acceptors (Lipinski definition) is 2. The number of hydrogen-bond donors (Lipinski definition) is 1. The lowest BCUT2D eigenvalue weighted by Gasteiger charge is -2.23. The minimum atomic E-state index is -0.318. The Hall–Kier alpha value is -2.43. The maximum atomic E-state index is 13.0.